The van der Waals surface area contributed by atoms with Crippen molar-refractivity contribution in [1.82, 2.24) is 14.8 Å². The number of aryl methyl sites for hydroxylation is 2. The van der Waals surface area contributed by atoms with Crippen molar-refractivity contribution in [2.45, 2.75) is 75.3 Å². The van der Waals surface area contributed by atoms with E-state index in [-0.39, 0.29) is 5.03 Å². The van der Waals surface area contributed by atoms with Gasteiger partial charge >= 0.3 is 6.03 Å². The molecule has 0 spiro atoms. The van der Waals surface area contributed by atoms with Gasteiger partial charge in [0.15, 0.2) is 14.9 Å². The van der Waals surface area contributed by atoms with Gasteiger partial charge in [-0.15, -0.1) is 4.36 Å². The summed E-state index contributed by atoms with van der Waals surface area (Å²) in [7, 11) is -3.40. The first-order valence-electron chi connectivity index (χ1n) is 10.4. The highest BCUT2D eigenvalue weighted by atomic mass is 32.2. The Bertz CT molecular complexity index is 1110. The van der Waals surface area contributed by atoms with Crippen LogP contribution in [0.15, 0.2) is 21.7 Å². The lowest BCUT2D eigenvalue weighted by atomic mass is 9.98. The van der Waals surface area contributed by atoms with E-state index in [4.69, 9.17) is 10.1 Å². The highest BCUT2D eigenvalue weighted by Crippen LogP contribution is 2.52. The Kier molecular flexibility index (Phi) is 4.47. The molecule has 0 bridgehead atoms. The topological polar surface area (TPSA) is 115 Å². The number of hydrogen-bond acceptors (Lipinski definition) is 4. The van der Waals surface area contributed by atoms with Crippen LogP contribution in [0.4, 0.5) is 10.5 Å². The van der Waals surface area contributed by atoms with E-state index in [0.29, 0.717) is 18.4 Å². The maximum atomic E-state index is 12.8. The molecule has 2 aromatic rings. The number of nitrogens with two attached hydrogens (primary N) is 1. The van der Waals surface area contributed by atoms with Gasteiger partial charge in [-0.3, -0.25) is 9.67 Å². The van der Waals surface area contributed by atoms with Crippen LogP contribution < -0.4 is 10.5 Å². The van der Waals surface area contributed by atoms with Gasteiger partial charge in [0.25, 0.3) is 0 Å². The first-order valence-corrected chi connectivity index (χ1v) is 12.0. The smallest absolute Gasteiger partial charge is 0.305 e. The van der Waals surface area contributed by atoms with Gasteiger partial charge in [-0.2, -0.15) is 5.10 Å². The zero-order valence-corrected chi connectivity index (χ0v) is 17.4. The molecule has 0 unspecified atom stereocenters. The molecule has 0 aromatic carbocycles. The predicted molar refractivity (Wildman–Crippen MR) is 110 cm³/mol. The third kappa shape index (κ3) is 3.57. The van der Waals surface area contributed by atoms with Crippen molar-refractivity contribution in [3.8, 4) is 0 Å². The number of nitrogens with one attached hydrogen (secondary N) is 1. The summed E-state index contributed by atoms with van der Waals surface area (Å²) in [5, 5.41) is 13.1. The summed E-state index contributed by atoms with van der Waals surface area (Å²) in [6, 6.07) is 0.876. The van der Waals surface area contributed by atoms with Crippen LogP contribution in [0.3, 0.4) is 0 Å². The summed E-state index contributed by atoms with van der Waals surface area (Å²) in [6.45, 7) is 2.54. The molecule has 3 N–H and O–H groups in total. The fourth-order valence-corrected chi connectivity index (χ4v) is 5.05. The number of aromatic nitrogens is 3. The van der Waals surface area contributed by atoms with Crippen LogP contribution in [0.2, 0.25) is 0 Å². The second-order valence-electron chi connectivity index (χ2n) is 8.21. The number of nitrogens with zero attached hydrogens (tertiary/aromatic N) is 4. The minimum absolute atomic E-state index is 0.121. The van der Waals surface area contributed by atoms with Gasteiger partial charge in [0.1, 0.15) is 0 Å². The normalized spacial score (nSPS) is 20.2. The first-order chi connectivity index (χ1) is 14.0. The van der Waals surface area contributed by atoms with E-state index in [1.807, 2.05) is 6.92 Å². The standard InChI is InChI=1S/C20H26N6O2S/c1-2-26-11-10-16(24-26)29(21,28)25-20(27)23-19-14-4-3-5-15(14)22-18(13-8-9-13)17(19)12-6-7-12/h10-13H,2-9H2,1H3,(H3,21,22,23,25,27,28)/t29-/m1/s1. The van der Waals surface area contributed by atoms with Crippen molar-refractivity contribution in [2.75, 3.05) is 5.32 Å². The van der Waals surface area contributed by atoms with Crippen molar-refractivity contribution in [3.05, 3.63) is 34.8 Å². The number of amides is 2. The molecule has 2 heterocycles. The number of hydrogen-bond donors (Lipinski definition) is 2. The van der Waals surface area contributed by atoms with E-state index in [9.17, 15) is 9.00 Å². The SMILES string of the molecule is CCn1ccc([S@](N)(=O)=NC(=O)Nc2c3c(nc(C4CC4)c2C2CC2)CCC3)n1. The Labute approximate surface area is 170 Å². The number of carbonyl (C=O) groups is 1. The minimum atomic E-state index is -3.40. The molecule has 3 aliphatic rings. The Morgan fingerprint density at radius 3 is 2.72 bits per heavy atom. The highest BCUT2D eigenvalue weighted by Gasteiger charge is 2.38. The number of carbonyl (C=O) groups excluding carboxylic acids is 1. The van der Waals surface area contributed by atoms with Gasteiger partial charge in [0, 0.05) is 35.6 Å². The Balaban J connectivity index is 1.51. The molecule has 29 heavy (non-hydrogen) atoms. The predicted octanol–water partition coefficient (Wildman–Crippen LogP) is 3.47. The van der Waals surface area contributed by atoms with E-state index in [2.05, 4.69) is 14.8 Å². The Hall–Kier alpha value is -2.26. The second kappa shape index (κ2) is 6.91. The zero-order chi connectivity index (χ0) is 20.2. The first kappa shape index (κ1) is 18.7. The van der Waals surface area contributed by atoms with Crippen LogP contribution in [0.1, 0.15) is 73.4 Å². The van der Waals surface area contributed by atoms with Crippen molar-refractivity contribution < 1.29 is 9.00 Å². The third-order valence-electron chi connectivity index (χ3n) is 5.93. The number of anilines is 1. The van der Waals surface area contributed by atoms with Gasteiger partial charge in [0.05, 0.1) is 5.69 Å². The van der Waals surface area contributed by atoms with Crippen LogP contribution in [0.25, 0.3) is 0 Å². The number of rotatable bonds is 5. The van der Waals surface area contributed by atoms with Gasteiger partial charge in [-0.25, -0.2) is 14.1 Å². The third-order valence-corrected chi connectivity index (χ3v) is 7.19. The molecule has 1 atom stereocenters. The van der Waals surface area contributed by atoms with E-state index in [1.165, 1.54) is 24.1 Å². The molecule has 2 fully saturated rings. The molecule has 9 heteroatoms. The monoisotopic (exact) mass is 414 g/mol. The average Bonchev–Trinajstić information content (AvgIpc) is 3.60. The number of fused-ring (bicyclic) bond motifs is 1. The molecule has 2 amide bonds. The van der Waals surface area contributed by atoms with E-state index < -0.39 is 15.9 Å². The molecule has 5 rings (SSSR count). The summed E-state index contributed by atoms with van der Waals surface area (Å²) in [5.41, 5.74) is 5.44. The number of urea groups is 1. The van der Waals surface area contributed by atoms with E-state index in [1.54, 1.807) is 16.9 Å². The Morgan fingerprint density at radius 1 is 1.31 bits per heavy atom. The van der Waals surface area contributed by atoms with Crippen molar-refractivity contribution in [2.24, 2.45) is 9.50 Å². The van der Waals surface area contributed by atoms with Crippen molar-refractivity contribution in [1.29, 1.82) is 0 Å². The molecule has 2 saturated carbocycles. The van der Waals surface area contributed by atoms with Gasteiger partial charge < -0.3 is 5.32 Å². The summed E-state index contributed by atoms with van der Waals surface area (Å²) >= 11 is 0. The van der Waals surface area contributed by atoms with Gasteiger partial charge in [-0.05, 0) is 69.4 Å². The lowest BCUT2D eigenvalue weighted by Crippen LogP contribution is -2.20. The van der Waals surface area contributed by atoms with Crippen LogP contribution in [-0.4, -0.2) is 25.0 Å². The van der Waals surface area contributed by atoms with Crippen LogP contribution in [0, 0.1) is 0 Å². The van der Waals surface area contributed by atoms with Crippen LogP contribution in [-0.2, 0) is 29.3 Å². The van der Waals surface area contributed by atoms with Gasteiger partial charge in [-0.1, -0.05) is 0 Å². The molecule has 0 radical (unpaired) electrons. The van der Waals surface area contributed by atoms with Crippen molar-refractivity contribution in [3.63, 3.8) is 0 Å². The molecular formula is C20H26N6O2S. The largest absolute Gasteiger partial charge is 0.354 e. The summed E-state index contributed by atoms with van der Waals surface area (Å²) in [6.07, 6.45) is 9.16. The fraction of sp³-hybridized carbons (Fsp3) is 0.550. The number of pyridine rings is 1. The van der Waals surface area contributed by atoms with Crippen LogP contribution in [0.5, 0.6) is 0 Å². The summed E-state index contributed by atoms with van der Waals surface area (Å²) < 4.78 is 18.3. The maximum Gasteiger partial charge on any atom is 0.354 e. The quantitative estimate of drug-likeness (QED) is 0.779. The Morgan fingerprint density at radius 2 is 2.07 bits per heavy atom. The molecule has 154 valence electrons. The summed E-state index contributed by atoms with van der Waals surface area (Å²) in [4.78, 5) is 17.8. The van der Waals surface area contributed by atoms with Gasteiger partial charge in [0.2, 0.25) is 0 Å². The molecular weight excluding hydrogens is 388 g/mol. The van der Waals surface area contributed by atoms with E-state index >= 15 is 0 Å². The molecule has 2 aromatic heterocycles. The van der Waals surface area contributed by atoms with Crippen LogP contribution >= 0.6 is 0 Å². The molecule has 0 aliphatic heterocycles. The fourth-order valence-electron chi connectivity index (χ4n) is 4.19. The minimum Gasteiger partial charge on any atom is -0.305 e. The lowest BCUT2D eigenvalue weighted by Gasteiger charge is -2.18. The average molecular weight is 415 g/mol. The molecule has 8 nitrogen and oxygen atoms in total. The highest BCUT2D eigenvalue weighted by molar-refractivity contribution is 7.91. The lowest BCUT2D eigenvalue weighted by molar-refractivity contribution is 0.260. The van der Waals surface area contributed by atoms with Crippen molar-refractivity contribution >= 4 is 21.6 Å². The molecule has 3 aliphatic carbocycles. The molecule has 0 saturated heterocycles. The summed E-state index contributed by atoms with van der Waals surface area (Å²) in [5.74, 6) is 0.975. The van der Waals surface area contributed by atoms with E-state index in [0.717, 1.165) is 49.0 Å². The maximum absolute atomic E-state index is 12.8. The second-order valence-corrected chi connectivity index (χ2v) is 9.95. The zero-order valence-electron chi connectivity index (χ0n) is 16.6.